The Kier molecular flexibility index (Phi) is 6.83. The zero-order valence-corrected chi connectivity index (χ0v) is 19.7. The Bertz CT molecular complexity index is 928. The first kappa shape index (κ1) is 22.8. The molecule has 1 spiro atoms. The Balaban J connectivity index is 1.79. The summed E-state index contributed by atoms with van der Waals surface area (Å²) in [5, 5.41) is 3.29. The Morgan fingerprint density at radius 1 is 1.06 bits per heavy atom. The van der Waals surface area contributed by atoms with Gasteiger partial charge in [0.2, 0.25) is 5.91 Å². The van der Waals surface area contributed by atoms with Gasteiger partial charge in [-0.05, 0) is 56.1 Å². The van der Waals surface area contributed by atoms with Gasteiger partial charge in [0, 0.05) is 17.9 Å². The Morgan fingerprint density at radius 2 is 1.84 bits per heavy atom. The molecule has 2 aliphatic carbocycles. The summed E-state index contributed by atoms with van der Waals surface area (Å²) in [7, 11) is 0. The minimum absolute atomic E-state index is 0.0203. The Labute approximate surface area is 193 Å². The van der Waals surface area contributed by atoms with E-state index in [0.29, 0.717) is 5.92 Å². The minimum Gasteiger partial charge on any atom is -0.352 e. The molecule has 170 valence electrons. The van der Waals surface area contributed by atoms with E-state index in [2.05, 4.69) is 56.4 Å². The molecular weight excluding hydrogens is 394 g/mol. The normalized spacial score (nSPS) is 35.6. The van der Waals surface area contributed by atoms with Gasteiger partial charge in [0.25, 0.3) is 0 Å². The van der Waals surface area contributed by atoms with Crippen molar-refractivity contribution in [2.24, 2.45) is 29.1 Å². The second kappa shape index (κ2) is 9.60. The largest absolute Gasteiger partial charge is 0.352 e. The lowest BCUT2D eigenvalue weighted by Gasteiger charge is -2.44. The van der Waals surface area contributed by atoms with Gasteiger partial charge in [0.15, 0.2) is 5.78 Å². The summed E-state index contributed by atoms with van der Waals surface area (Å²) in [5.41, 5.74) is 1.43. The lowest BCUT2D eigenvalue weighted by Crippen LogP contribution is -2.51. The molecule has 4 rings (SSSR count). The van der Waals surface area contributed by atoms with Crippen LogP contribution in [0.5, 0.6) is 0 Å². The van der Waals surface area contributed by atoms with E-state index in [9.17, 15) is 9.59 Å². The number of carbonyl (C=O) groups is 2. The number of hydrogen-bond donors (Lipinski definition) is 1. The summed E-state index contributed by atoms with van der Waals surface area (Å²) in [5.74, 6) is 0.414. The molecule has 1 aliphatic heterocycles. The quantitative estimate of drug-likeness (QED) is 0.473. The molecule has 0 radical (unpaired) electrons. The van der Waals surface area contributed by atoms with E-state index in [1.807, 2.05) is 24.3 Å². The maximum atomic E-state index is 13.9. The van der Waals surface area contributed by atoms with Crippen molar-refractivity contribution in [3.63, 3.8) is 0 Å². The molecule has 1 saturated heterocycles. The van der Waals surface area contributed by atoms with Crippen LogP contribution in [0.3, 0.4) is 0 Å². The fraction of sp³-hybridized carbons (Fsp3) is 0.517. The molecule has 6 atom stereocenters. The van der Waals surface area contributed by atoms with Crippen LogP contribution in [-0.4, -0.2) is 17.7 Å². The van der Waals surface area contributed by atoms with Gasteiger partial charge in [0.1, 0.15) is 5.41 Å². The number of benzene rings is 1. The highest BCUT2D eigenvalue weighted by Crippen LogP contribution is 2.54. The number of hydrogen-bond acceptors (Lipinski definition) is 2. The summed E-state index contributed by atoms with van der Waals surface area (Å²) in [4.78, 5) is 27.6. The highest BCUT2D eigenvalue weighted by atomic mass is 16.2. The minimum atomic E-state index is -1.05. The Morgan fingerprint density at radius 3 is 2.62 bits per heavy atom. The average molecular weight is 432 g/mol. The number of nitrogens with one attached hydrogen (secondary N) is 1. The van der Waals surface area contributed by atoms with Gasteiger partial charge in [0.05, 0.1) is 0 Å². The van der Waals surface area contributed by atoms with E-state index in [1.54, 1.807) is 6.08 Å². The van der Waals surface area contributed by atoms with Crippen LogP contribution in [-0.2, 0) is 16.0 Å². The molecule has 0 bridgehead atoms. The molecule has 1 N–H and O–H groups in total. The second-order valence-electron chi connectivity index (χ2n) is 10.2. The van der Waals surface area contributed by atoms with Crippen LogP contribution in [0.25, 0.3) is 0 Å². The van der Waals surface area contributed by atoms with Gasteiger partial charge in [-0.2, -0.15) is 0 Å². The molecule has 1 aromatic carbocycles. The van der Waals surface area contributed by atoms with E-state index >= 15 is 0 Å². The Hall–Kier alpha value is -2.42. The number of amides is 1. The number of rotatable bonds is 2. The number of allylic oxidation sites excluding steroid dienone is 6. The molecule has 1 aromatic rings. The molecule has 0 aromatic heterocycles. The predicted molar refractivity (Wildman–Crippen MR) is 130 cm³/mol. The van der Waals surface area contributed by atoms with Crippen LogP contribution in [0.1, 0.15) is 58.4 Å². The third-order valence-electron chi connectivity index (χ3n) is 8.05. The zero-order chi connectivity index (χ0) is 22.7. The molecule has 0 saturated carbocycles. The van der Waals surface area contributed by atoms with Gasteiger partial charge in [-0.3, -0.25) is 9.59 Å². The van der Waals surface area contributed by atoms with Crippen molar-refractivity contribution in [2.75, 3.05) is 0 Å². The van der Waals surface area contributed by atoms with Gasteiger partial charge >= 0.3 is 0 Å². The van der Waals surface area contributed by atoms with Crippen LogP contribution in [0.4, 0.5) is 0 Å². The fourth-order valence-corrected chi connectivity index (χ4v) is 6.16. The average Bonchev–Trinajstić information content (AvgIpc) is 3.07. The molecule has 1 fully saturated rings. The second-order valence-corrected chi connectivity index (χ2v) is 10.2. The van der Waals surface area contributed by atoms with Crippen molar-refractivity contribution in [2.45, 2.75) is 65.3 Å². The number of carbonyl (C=O) groups excluding carboxylic acids is 2. The van der Waals surface area contributed by atoms with Crippen molar-refractivity contribution in [3.05, 3.63) is 71.8 Å². The van der Waals surface area contributed by atoms with Crippen molar-refractivity contribution in [1.82, 2.24) is 5.32 Å². The van der Waals surface area contributed by atoms with Crippen LogP contribution >= 0.6 is 0 Å². The highest BCUT2D eigenvalue weighted by molar-refractivity contribution is 6.13. The van der Waals surface area contributed by atoms with E-state index in [-0.39, 0.29) is 35.5 Å². The van der Waals surface area contributed by atoms with Crippen molar-refractivity contribution >= 4 is 11.7 Å². The first-order chi connectivity index (χ1) is 15.4. The van der Waals surface area contributed by atoms with Crippen molar-refractivity contribution in [3.8, 4) is 0 Å². The summed E-state index contributed by atoms with van der Waals surface area (Å²) in [6, 6.07) is 10.3. The maximum Gasteiger partial charge on any atom is 0.235 e. The SMILES string of the molecule is CC1=CC2C=CCC(C)CCCCC=CC(=O)C23C(=O)NC(Cc2ccccc2)C3C1C. The standard InChI is InChI=1S/C29H37NO2/c1-20-12-7-4-5-10-17-26(31)29-24(16-11-13-20)18-21(2)22(3)27(29)25(30-28(29)32)19-23-14-8-6-9-15-23/h6,8-11,14-18,20,22,24-25,27H,4-5,7,12-13,19H2,1-3H3,(H,30,32). The molecule has 3 heteroatoms. The highest BCUT2D eigenvalue weighted by Gasteiger charge is 2.64. The predicted octanol–water partition coefficient (Wildman–Crippen LogP) is 5.82. The molecule has 3 aliphatic rings. The molecule has 1 heterocycles. The van der Waals surface area contributed by atoms with Crippen LogP contribution in [0.15, 0.2) is 66.3 Å². The summed E-state index contributed by atoms with van der Waals surface area (Å²) in [6.07, 6.45) is 16.4. The number of ketones is 1. The third kappa shape index (κ3) is 4.14. The van der Waals surface area contributed by atoms with Gasteiger partial charge in [-0.1, -0.05) is 86.9 Å². The summed E-state index contributed by atoms with van der Waals surface area (Å²) >= 11 is 0. The van der Waals surface area contributed by atoms with Crippen molar-refractivity contribution in [1.29, 1.82) is 0 Å². The molecule has 1 amide bonds. The van der Waals surface area contributed by atoms with E-state index < -0.39 is 5.41 Å². The van der Waals surface area contributed by atoms with Crippen molar-refractivity contribution < 1.29 is 9.59 Å². The molecule has 32 heavy (non-hydrogen) atoms. The van der Waals surface area contributed by atoms with Gasteiger partial charge in [-0.25, -0.2) is 0 Å². The van der Waals surface area contributed by atoms with Gasteiger partial charge < -0.3 is 5.32 Å². The first-order valence-electron chi connectivity index (χ1n) is 12.4. The lowest BCUT2D eigenvalue weighted by molar-refractivity contribution is -0.142. The maximum absolute atomic E-state index is 13.9. The van der Waals surface area contributed by atoms with Crippen LogP contribution in [0, 0.1) is 29.1 Å². The van der Waals surface area contributed by atoms with E-state index in [4.69, 9.17) is 0 Å². The van der Waals surface area contributed by atoms with E-state index in [0.717, 1.165) is 25.7 Å². The van der Waals surface area contributed by atoms with E-state index in [1.165, 1.54) is 24.0 Å². The topological polar surface area (TPSA) is 46.2 Å². The zero-order valence-electron chi connectivity index (χ0n) is 19.7. The summed E-state index contributed by atoms with van der Waals surface area (Å²) < 4.78 is 0. The third-order valence-corrected chi connectivity index (χ3v) is 8.05. The fourth-order valence-electron chi connectivity index (χ4n) is 6.16. The van der Waals surface area contributed by atoms with Crippen LogP contribution < -0.4 is 5.32 Å². The monoisotopic (exact) mass is 431 g/mol. The summed E-state index contributed by atoms with van der Waals surface area (Å²) in [6.45, 7) is 6.65. The molecule has 6 unspecified atom stereocenters. The van der Waals surface area contributed by atoms with Crippen LogP contribution in [0.2, 0.25) is 0 Å². The smallest absolute Gasteiger partial charge is 0.235 e. The van der Waals surface area contributed by atoms with Gasteiger partial charge in [-0.15, -0.1) is 0 Å². The molecule has 3 nitrogen and oxygen atoms in total. The molecular formula is C29H37NO2. The lowest BCUT2D eigenvalue weighted by atomic mass is 9.55. The first-order valence-corrected chi connectivity index (χ1v) is 12.4.